The Morgan fingerprint density at radius 1 is 1.44 bits per heavy atom. The summed E-state index contributed by atoms with van der Waals surface area (Å²) in [5, 5.41) is 3.08. The lowest BCUT2D eigenvalue weighted by Crippen LogP contribution is -2.27. The molecule has 0 bridgehead atoms. The molecule has 0 aromatic heterocycles. The van der Waals surface area contributed by atoms with Crippen LogP contribution in [0.5, 0.6) is 5.75 Å². The van der Waals surface area contributed by atoms with Crippen LogP contribution in [0.4, 0.5) is 4.39 Å². The predicted molar refractivity (Wildman–Crippen MR) is 63.2 cm³/mol. The fourth-order valence-electron chi connectivity index (χ4n) is 1.54. The quantitative estimate of drug-likeness (QED) is 0.795. The summed E-state index contributed by atoms with van der Waals surface area (Å²) in [4.78, 5) is 2.12. The first-order valence-corrected chi connectivity index (χ1v) is 5.33. The minimum atomic E-state index is -0.224. The van der Waals surface area contributed by atoms with Crippen molar-refractivity contribution < 1.29 is 9.13 Å². The van der Waals surface area contributed by atoms with Gasteiger partial charge >= 0.3 is 0 Å². The maximum atomic E-state index is 13.1. The maximum absolute atomic E-state index is 13.1. The van der Waals surface area contributed by atoms with E-state index in [0.717, 1.165) is 24.4 Å². The van der Waals surface area contributed by atoms with Gasteiger partial charge in [0.25, 0.3) is 0 Å². The van der Waals surface area contributed by atoms with Gasteiger partial charge in [0.2, 0.25) is 0 Å². The average Bonchev–Trinajstić information content (AvgIpc) is 2.27. The molecule has 0 aliphatic heterocycles. The van der Waals surface area contributed by atoms with Crippen molar-refractivity contribution in [2.75, 3.05) is 34.3 Å². The van der Waals surface area contributed by atoms with Gasteiger partial charge in [-0.25, -0.2) is 4.39 Å². The molecule has 0 atom stereocenters. The van der Waals surface area contributed by atoms with E-state index < -0.39 is 0 Å². The second-order valence-electron chi connectivity index (χ2n) is 3.80. The minimum Gasteiger partial charge on any atom is -0.496 e. The number of hydrogen-bond donors (Lipinski definition) is 1. The molecule has 1 rings (SSSR count). The number of methoxy groups -OCH3 is 1. The molecule has 0 saturated carbocycles. The second kappa shape index (κ2) is 6.45. The third-order valence-corrected chi connectivity index (χ3v) is 2.43. The van der Waals surface area contributed by atoms with Gasteiger partial charge in [-0.1, -0.05) is 0 Å². The zero-order chi connectivity index (χ0) is 12.0. The molecular formula is C12H19FN2O. The Morgan fingerprint density at radius 3 is 2.81 bits per heavy atom. The normalized spacial score (nSPS) is 10.8. The molecule has 0 aliphatic carbocycles. The number of halogens is 1. The van der Waals surface area contributed by atoms with E-state index in [2.05, 4.69) is 10.2 Å². The molecule has 0 unspecified atom stereocenters. The lowest BCUT2D eigenvalue weighted by atomic mass is 10.2. The van der Waals surface area contributed by atoms with Crippen molar-refractivity contribution in [3.63, 3.8) is 0 Å². The molecule has 4 heteroatoms. The van der Waals surface area contributed by atoms with Crippen LogP contribution < -0.4 is 10.1 Å². The number of hydrogen-bond acceptors (Lipinski definition) is 3. The Kier molecular flexibility index (Phi) is 5.22. The Morgan fingerprint density at radius 2 is 2.19 bits per heavy atom. The highest BCUT2D eigenvalue weighted by Gasteiger charge is 2.07. The zero-order valence-corrected chi connectivity index (χ0v) is 10.1. The summed E-state index contributed by atoms with van der Waals surface area (Å²) in [5.41, 5.74) is 0.876. The van der Waals surface area contributed by atoms with Crippen molar-refractivity contribution in [3.8, 4) is 5.75 Å². The summed E-state index contributed by atoms with van der Waals surface area (Å²) < 4.78 is 18.3. The molecule has 0 radical (unpaired) electrons. The third-order valence-electron chi connectivity index (χ3n) is 2.43. The third kappa shape index (κ3) is 3.79. The summed E-state index contributed by atoms with van der Waals surface area (Å²) in [5.74, 6) is 0.510. The molecule has 0 fully saturated rings. The van der Waals surface area contributed by atoms with E-state index >= 15 is 0 Å². The first-order chi connectivity index (χ1) is 7.67. The number of ether oxygens (including phenoxy) is 1. The van der Waals surface area contributed by atoms with Gasteiger partial charge in [-0.3, -0.25) is 0 Å². The zero-order valence-electron chi connectivity index (χ0n) is 10.1. The van der Waals surface area contributed by atoms with Gasteiger partial charge in [0.15, 0.2) is 0 Å². The van der Waals surface area contributed by atoms with Crippen molar-refractivity contribution >= 4 is 0 Å². The largest absolute Gasteiger partial charge is 0.496 e. The lowest BCUT2D eigenvalue weighted by molar-refractivity contribution is 0.318. The first kappa shape index (κ1) is 12.9. The van der Waals surface area contributed by atoms with E-state index in [9.17, 15) is 4.39 Å². The van der Waals surface area contributed by atoms with Gasteiger partial charge in [0.05, 0.1) is 7.11 Å². The summed E-state index contributed by atoms with van der Waals surface area (Å²) in [6, 6.07) is 4.60. The smallest absolute Gasteiger partial charge is 0.123 e. The number of benzene rings is 1. The Balaban J connectivity index is 2.67. The lowest BCUT2D eigenvalue weighted by Gasteiger charge is -2.18. The van der Waals surface area contributed by atoms with Crippen molar-refractivity contribution in [3.05, 3.63) is 29.6 Å². The molecule has 90 valence electrons. The maximum Gasteiger partial charge on any atom is 0.123 e. The number of nitrogens with one attached hydrogen (secondary N) is 1. The number of likely N-dealkylation sites (N-methyl/N-ethyl adjacent to an activating group) is 2. The molecule has 3 nitrogen and oxygen atoms in total. The van der Waals surface area contributed by atoms with Crippen LogP contribution >= 0.6 is 0 Å². The van der Waals surface area contributed by atoms with Crippen molar-refractivity contribution in [2.45, 2.75) is 6.54 Å². The highest BCUT2D eigenvalue weighted by atomic mass is 19.1. The average molecular weight is 226 g/mol. The molecule has 0 saturated heterocycles. The summed E-state index contributed by atoms with van der Waals surface area (Å²) in [7, 11) is 5.52. The van der Waals surface area contributed by atoms with E-state index in [0.29, 0.717) is 6.54 Å². The Hall–Kier alpha value is -1.13. The van der Waals surface area contributed by atoms with Crippen LogP contribution in [0, 0.1) is 5.82 Å². The molecule has 1 aromatic carbocycles. The number of rotatable bonds is 6. The summed E-state index contributed by atoms with van der Waals surface area (Å²) in [6.07, 6.45) is 0. The van der Waals surface area contributed by atoms with Crippen LogP contribution in [0.1, 0.15) is 5.56 Å². The van der Waals surface area contributed by atoms with E-state index in [-0.39, 0.29) is 5.82 Å². The van der Waals surface area contributed by atoms with E-state index in [1.165, 1.54) is 12.1 Å². The topological polar surface area (TPSA) is 24.5 Å². The summed E-state index contributed by atoms with van der Waals surface area (Å²) in [6.45, 7) is 2.51. The molecule has 0 heterocycles. The van der Waals surface area contributed by atoms with Crippen LogP contribution in [-0.4, -0.2) is 39.2 Å². The van der Waals surface area contributed by atoms with Crippen LogP contribution in [0.3, 0.4) is 0 Å². The van der Waals surface area contributed by atoms with Crippen molar-refractivity contribution in [1.29, 1.82) is 0 Å². The Labute approximate surface area is 96.2 Å². The molecule has 16 heavy (non-hydrogen) atoms. The highest BCUT2D eigenvalue weighted by molar-refractivity contribution is 5.33. The van der Waals surface area contributed by atoms with Gasteiger partial charge in [-0.05, 0) is 32.3 Å². The number of nitrogens with zero attached hydrogens (tertiary/aromatic N) is 1. The van der Waals surface area contributed by atoms with E-state index in [1.807, 2.05) is 14.1 Å². The van der Waals surface area contributed by atoms with Gasteiger partial charge in [0.1, 0.15) is 11.6 Å². The van der Waals surface area contributed by atoms with Crippen LogP contribution in [0.25, 0.3) is 0 Å². The van der Waals surface area contributed by atoms with E-state index in [1.54, 1.807) is 13.2 Å². The van der Waals surface area contributed by atoms with E-state index in [4.69, 9.17) is 4.74 Å². The minimum absolute atomic E-state index is 0.224. The van der Waals surface area contributed by atoms with Gasteiger partial charge in [-0.15, -0.1) is 0 Å². The highest BCUT2D eigenvalue weighted by Crippen LogP contribution is 2.20. The van der Waals surface area contributed by atoms with Crippen LogP contribution in [-0.2, 0) is 6.54 Å². The molecule has 1 N–H and O–H groups in total. The van der Waals surface area contributed by atoms with Gasteiger partial charge in [0, 0.05) is 25.2 Å². The molecular weight excluding hydrogens is 207 g/mol. The van der Waals surface area contributed by atoms with Gasteiger partial charge < -0.3 is 15.0 Å². The summed E-state index contributed by atoms with van der Waals surface area (Å²) >= 11 is 0. The molecule has 0 aliphatic rings. The van der Waals surface area contributed by atoms with Crippen molar-refractivity contribution in [1.82, 2.24) is 10.2 Å². The second-order valence-corrected chi connectivity index (χ2v) is 3.80. The van der Waals surface area contributed by atoms with Crippen LogP contribution in [0.15, 0.2) is 18.2 Å². The fraction of sp³-hybridized carbons (Fsp3) is 0.500. The molecule has 0 amide bonds. The Bertz CT molecular complexity index is 331. The van der Waals surface area contributed by atoms with Gasteiger partial charge in [-0.2, -0.15) is 0 Å². The SMILES string of the molecule is CNCCN(C)Cc1cc(F)ccc1OC. The monoisotopic (exact) mass is 226 g/mol. The van der Waals surface area contributed by atoms with Crippen LogP contribution in [0.2, 0.25) is 0 Å². The molecule has 1 aromatic rings. The first-order valence-electron chi connectivity index (χ1n) is 5.33. The van der Waals surface area contributed by atoms with Crippen molar-refractivity contribution in [2.24, 2.45) is 0 Å². The predicted octanol–water partition coefficient (Wildman–Crippen LogP) is 1.49. The standard InChI is InChI=1S/C12H19FN2O/c1-14-6-7-15(2)9-10-8-11(13)4-5-12(10)16-3/h4-5,8,14H,6-7,9H2,1-3H3. The molecule has 0 spiro atoms. The fourth-order valence-corrected chi connectivity index (χ4v) is 1.54.